The van der Waals surface area contributed by atoms with Crippen molar-refractivity contribution in [2.24, 2.45) is 0 Å². The fraction of sp³-hybridized carbons (Fsp3) is 0.333. The van der Waals surface area contributed by atoms with Gasteiger partial charge >= 0.3 is 0 Å². The largest absolute Gasteiger partial charge is 0.430 e. The number of anilines is 1. The van der Waals surface area contributed by atoms with Gasteiger partial charge in [-0.2, -0.15) is 5.26 Å². The first kappa shape index (κ1) is 19.5. The first-order valence-corrected chi connectivity index (χ1v) is 8.63. The van der Waals surface area contributed by atoms with Gasteiger partial charge in [-0.15, -0.1) is 0 Å². The average Bonchev–Trinajstić information content (AvgIpc) is 3.00. The molecule has 143 valence electrons. The van der Waals surface area contributed by atoms with E-state index in [0.29, 0.717) is 16.5 Å². The van der Waals surface area contributed by atoms with Crippen molar-refractivity contribution in [2.45, 2.75) is 25.2 Å². The van der Waals surface area contributed by atoms with Crippen LogP contribution in [-0.4, -0.2) is 54.2 Å². The highest BCUT2D eigenvalue weighted by Gasteiger charge is 2.47. The molecule has 1 atom stereocenters. The van der Waals surface area contributed by atoms with Crippen LogP contribution in [0.5, 0.6) is 0 Å². The second-order valence-corrected chi connectivity index (χ2v) is 6.40. The highest BCUT2D eigenvalue weighted by Crippen LogP contribution is 2.31. The number of rotatable bonds is 5. The molecule has 0 bridgehead atoms. The number of carbonyl (C=O) groups excluding carboxylic acids is 2. The van der Waals surface area contributed by atoms with Crippen LogP contribution in [0, 0.1) is 11.3 Å². The second kappa shape index (κ2) is 7.80. The zero-order valence-electron chi connectivity index (χ0n) is 15.1. The molecule has 1 aliphatic heterocycles. The number of aromatic nitrogens is 1. The molecule has 10 heteroatoms. The molecule has 0 saturated carbocycles. The first-order valence-electron chi connectivity index (χ1n) is 8.63. The minimum absolute atomic E-state index is 0.307. The molecule has 2 N–H and O–H groups in total. The molecule has 2 amide bonds. The number of nitriles is 1. The van der Waals surface area contributed by atoms with Crippen molar-refractivity contribution in [1.29, 1.82) is 5.26 Å². The van der Waals surface area contributed by atoms with E-state index in [4.69, 9.17) is 5.26 Å². The zero-order chi connectivity index (χ0) is 20.3. The molecule has 1 aliphatic rings. The van der Waals surface area contributed by atoms with Crippen LogP contribution in [0.2, 0.25) is 6.82 Å². The van der Waals surface area contributed by atoms with E-state index in [2.05, 4.69) is 15.5 Å². The summed E-state index contributed by atoms with van der Waals surface area (Å²) >= 11 is 0. The van der Waals surface area contributed by atoms with E-state index in [0.717, 1.165) is 10.6 Å². The first-order chi connectivity index (χ1) is 13.4. The Morgan fingerprint density at radius 1 is 1.43 bits per heavy atom. The van der Waals surface area contributed by atoms with Crippen molar-refractivity contribution in [2.75, 3.05) is 18.3 Å². The van der Waals surface area contributed by atoms with Gasteiger partial charge in [0.2, 0.25) is 13.3 Å². The number of benzene rings is 1. The molecule has 1 radical (unpaired) electrons. The van der Waals surface area contributed by atoms with Crippen LogP contribution >= 0.6 is 0 Å². The second-order valence-electron chi connectivity index (χ2n) is 6.40. The van der Waals surface area contributed by atoms with E-state index < -0.39 is 43.3 Å². The lowest BCUT2D eigenvalue weighted by Crippen LogP contribution is -2.43. The van der Waals surface area contributed by atoms with Gasteiger partial charge in [-0.05, 0) is 12.1 Å². The average molecular weight is 384 g/mol. The number of para-hydroxylation sites is 1. The monoisotopic (exact) mass is 384 g/mol. The van der Waals surface area contributed by atoms with E-state index in [1.54, 1.807) is 25.6 Å². The maximum Gasteiger partial charge on any atom is 0.268 e. The molecular formula is C18H17BF2N5O2. The standard InChI is InChI=1S/C18H17BF2N5O2/c1-19-25-14-4-2-3-12-13(5-6-23-16(12)14)17(28)24-9-15(27)26-10-18(20,21)7-11(26)8-22/h2-6,11,25H,7,9-10H2,1H3,(H,24,28)/t11-/m0/s1. The normalized spacial score (nSPS) is 17.8. The summed E-state index contributed by atoms with van der Waals surface area (Å²) in [7, 11) is 1.74. The quantitative estimate of drug-likeness (QED) is 0.767. The number of pyridine rings is 1. The summed E-state index contributed by atoms with van der Waals surface area (Å²) in [4.78, 5) is 29.9. The van der Waals surface area contributed by atoms with Gasteiger partial charge in [-0.1, -0.05) is 19.0 Å². The summed E-state index contributed by atoms with van der Waals surface area (Å²) in [6.07, 6.45) is 0.787. The number of likely N-dealkylation sites (tertiary alicyclic amines) is 1. The number of nitrogens with one attached hydrogen (secondary N) is 2. The highest BCUT2D eigenvalue weighted by atomic mass is 19.3. The van der Waals surface area contributed by atoms with Gasteiger partial charge in [-0.3, -0.25) is 14.6 Å². The fourth-order valence-corrected chi connectivity index (χ4v) is 3.19. The van der Waals surface area contributed by atoms with Gasteiger partial charge in [0.15, 0.2) is 0 Å². The Morgan fingerprint density at radius 3 is 2.93 bits per heavy atom. The third kappa shape index (κ3) is 3.88. The Labute approximate surface area is 161 Å². The molecule has 2 aromatic rings. The van der Waals surface area contributed by atoms with Gasteiger partial charge in [0.05, 0.1) is 30.2 Å². The van der Waals surface area contributed by atoms with Gasteiger partial charge < -0.3 is 15.4 Å². The van der Waals surface area contributed by atoms with Crippen molar-refractivity contribution < 1.29 is 18.4 Å². The van der Waals surface area contributed by atoms with Gasteiger partial charge in [0.25, 0.3) is 11.8 Å². The van der Waals surface area contributed by atoms with E-state index in [1.165, 1.54) is 12.3 Å². The van der Waals surface area contributed by atoms with Crippen LogP contribution < -0.4 is 10.5 Å². The summed E-state index contributed by atoms with van der Waals surface area (Å²) in [5.74, 6) is -4.35. The Morgan fingerprint density at radius 2 is 2.21 bits per heavy atom. The van der Waals surface area contributed by atoms with Crippen molar-refractivity contribution in [3.63, 3.8) is 0 Å². The SMILES string of the molecule is C[B]Nc1cccc2c(C(=O)NCC(=O)N3CC(F)(F)C[C@H]3C#N)ccnc12. The molecule has 1 aromatic heterocycles. The zero-order valence-corrected chi connectivity index (χ0v) is 15.1. The van der Waals surface area contributed by atoms with E-state index in [9.17, 15) is 18.4 Å². The maximum atomic E-state index is 13.5. The van der Waals surface area contributed by atoms with E-state index in [-0.39, 0.29) is 0 Å². The molecule has 3 rings (SSSR count). The van der Waals surface area contributed by atoms with Crippen LogP contribution in [0.4, 0.5) is 14.5 Å². The third-order valence-corrected chi connectivity index (χ3v) is 4.45. The smallest absolute Gasteiger partial charge is 0.268 e. The minimum atomic E-state index is -3.10. The Kier molecular flexibility index (Phi) is 5.45. The molecule has 0 aliphatic carbocycles. The lowest BCUT2D eigenvalue weighted by atomic mass is 9.98. The van der Waals surface area contributed by atoms with Gasteiger partial charge in [-0.25, -0.2) is 8.78 Å². The third-order valence-electron chi connectivity index (χ3n) is 4.45. The molecule has 1 aromatic carbocycles. The molecule has 0 spiro atoms. The predicted octanol–water partition coefficient (Wildman–Crippen LogP) is 1.80. The number of halogens is 2. The van der Waals surface area contributed by atoms with Crippen LogP contribution in [0.3, 0.4) is 0 Å². The van der Waals surface area contributed by atoms with Gasteiger partial charge in [0, 0.05) is 23.7 Å². The van der Waals surface area contributed by atoms with Crippen molar-refractivity contribution in [3.05, 3.63) is 36.0 Å². The molecule has 7 nitrogen and oxygen atoms in total. The maximum absolute atomic E-state index is 13.5. The number of nitrogens with zero attached hydrogens (tertiary/aromatic N) is 3. The number of hydrogen-bond acceptors (Lipinski definition) is 5. The molecule has 0 unspecified atom stereocenters. The van der Waals surface area contributed by atoms with Crippen LogP contribution in [0.25, 0.3) is 10.9 Å². The molecule has 1 saturated heterocycles. The van der Waals surface area contributed by atoms with E-state index in [1.807, 2.05) is 12.9 Å². The Balaban J connectivity index is 1.75. The fourth-order valence-electron chi connectivity index (χ4n) is 3.19. The van der Waals surface area contributed by atoms with Crippen LogP contribution in [0.1, 0.15) is 16.8 Å². The summed E-state index contributed by atoms with van der Waals surface area (Å²) in [6, 6.07) is 7.34. The summed E-state index contributed by atoms with van der Waals surface area (Å²) in [6.45, 7) is 0.523. The molecule has 1 fully saturated rings. The Hall–Kier alpha value is -3.22. The minimum Gasteiger partial charge on any atom is -0.430 e. The summed E-state index contributed by atoms with van der Waals surface area (Å²) in [5.41, 5.74) is 1.62. The molecular weight excluding hydrogens is 367 g/mol. The van der Waals surface area contributed by atoms with Gasteiger partial charge in [0.1, 0.15) is 6.04 Å². The van der Waals surface area contributed by atoms with E-state index >= 15 is 0 Å². The Bertz CT molecular complexity index is 963. The molecule has 28 heavy (non-hydrogen) atoms. The molecule has 2 heterocycles. The van der Waals surface area contributed by atoms with Crippen LogP contribution in [-0.2, 0) is 4.79 Å². The van der Waals surface area contributed by atoms with Crippen molar-refractivity contribution in [3.8, 4) is 6.07 Å². The number of hydrogen-bond donors (Lipinski definition) is 2. The van der Waals surface area contributed by atoms with Crippen molar-refractivity contribution >= 4 is 35.8 Å². The lowest BCUT2D eigenvalue weighted by molar-refractivity contribution is -0.131. The number of amides is 2. The number of fused-ring (bicyclic) bond motifs is 1. The predicted molar refractivity (Wildman–Crippen MR) is 100.0 cm³/mol. The number of alkyl halides is 2. The van der Waals surface area contributed by atoms with Crippen LogP contribution in [0.15, 0.2) is 30.5 Å². The van der Waals surface area contributed by atoms with Crippen molar-refractivity contribution in [1.82, 2.24) is 15.2 Å². The summed E-state index contributed by atoms with van der Waals surface area (Å²) < 4.78 is 27.0. The topological polar surface area (TPSA) is 98.1 Å². The number of carbonyl (C=O) groups is 2. The summed E-state index contributed by atoms with van der Waals surface area (Å²) in [5, 5.41) is 15.1. The lowest BCUT2D eigenvalue weighted by Gasteiger charge is -2.19. The highest BCUT2D eigenvalue weighted by molar-refractivity contribution is 6.39.